The minimum absolute atomic E-state index is 0.128. The van der Waals surface area contributed by atoms with E-state index in [1.165, 1.54) is 5.56 Å². The molecule has 39 heavy (non-hydrogen) atoms. The normalized spacial score (nSPS) is 12.1. The van der Waals surface area contributed by atoms with Gasteiger partial charge in [-0.2, -0.15) is 4.98 Å². The molecule has 1 atom stereocenters. The number of fused-ring (bicyclic) bond motifs is 2. The van der Waals surface area contributed by atoms with Gasteiger partial charge in [0.05, 0.1) is 21.9 Å². The van der Waals surface area contributed by atoms with E-state index < -0.39 is 6.10 Å². The number of benzene rings is 3. The van der Waals surface area contributed by atoms with Crippen molar-refractivity contribution in [3.8, 4) is 29.9 Å². The summed E-state index contributed by atoms with van der Waals surface area (Å²) in [5.41, 5.74) is 6.11. The van der Waals surface area contributed by atoms with Gasteiger partial charge in [0.15, 0.2) is 23.5 Å². The van der Waals surface area contributed by atoms with Crippen LogP contribution >= 0.6 is 0 Å². The molecule has 0 saturated carbocycles. The fourth-order valence-electron chi connectivity index (χ4n) is 4.81. The Bertz CT molecular complexity index is 1730. The first kappa shape index (κ1) is 26.1. The van der Waals surface area contributed by atoms with Gasteiger partial charge in [0.2, 0.25) is 5.88 Å². The molecule has 6 heteroatoms. The molecule has 0 bridgehead atoms. The van der Waals surface area contributed by atoms with Crippen molar-refractivity contribution in [2.24, 2.45) is 7.05 Å². The number of ether oxygens (including phenoxy) is 1. The Labute approximate surface area is 229 Å². The first-order valence-corrected chi connectivity index (χ1v) is 13.3. The number of carbonyl (C=O) groups excluding carboxylic acids is 1. The summed E-state index contributed by atoms with van der Waals surface area (Å²) in [7, 11) is 1.93. The average Bonchev–Trinajstić information content (AvgIpc) is 3.26. The number of aryl methyl sites for hydroxylation is 2. The maximum Gasteiger partial charge on any atom is 0.226 e. The second-order valence-electron chi connectivity index (χ2n) is 10.2. The maximum atomic E-state index is 12.7. The zero-order valence-corrected chi connectivity index (χ0v) is 23.0. The Morgan fingerprint density at radius 1 is 1.00 bits per heavy atom. The number of rotatable bonds is 8. The molecule has 0 radical (unpaired) electrons. The van der Waals surface area contributed by atoms with Crippen LogP contribution in [0, 0.1) is 19.3 Å². The number of Topliss-reactive ketones (excluding diaryl/α,β-unsaturated/α-hetero) is 1. The standard InChI is InChI=1S/C33H32N4O2/c1-7-11-29(38)25-19-27-28(18-21(25)5)37(6)32(35-27)31-34-26-13-10-9-12-24(26)33(36-31)39-30(8-2)23-16-14-22(15-17-23)20(3)4/h2,9-10,12-20,30H,7,11H2,1,3-6H3. The van der Waals surface area contributed by atoms with Crippen LogP contribution in [0.3, 0.4) is 0 Å². The van der Waals surface area contributed by atoms with E-state index in [0.717, 1.165) is 39.5 Å². The van der Waals surface area contributed by atoms with Gasteiger partial charge in [0, 0.05) is 24.6 Å². The van der Waals surface area contributed by atoms with Gasteiger partial charge in [-0.25, -0.2) is 9.97 Å². The van der Waals surface area contributed by atoms with E-state index in [4.69, 9.17) is 26.1 Å². The number of imidazole rings is 1. The molecule has 0 N–H and O–H groups in total. The summed E-state index contributed by atoms with van der Waals surface area (Å²) in [6, 6.07) is 19.8. The van der Waals surface area contributed by atoms with Crippen LogP contribution in [0.2, 0.25) is 0 Å². The fraction of sp³-hybridized carbons (Fsp3) is 0.273. The van der Waals surface area contributed by atoms with Gasteiger partial charge in [0.1, 0.15) is 0 Å². The highest BCUT2D eigenvalue weighted by molar-refractivity contribution is 6.00. The predicted octanol–water partition coefficient (Wildman–Crippen LogP) is 7.35. The van der Waals surface area contributed by atoms with Gasteiger partial charge in [-0.15, -0.1) is 6.42 Å². The van der Waals surface area contributed by atoms with Crippen molar-refractivity contribution in [1.82, 2.24) is 19.5 Å². The summed E-state index contributed by atoms with van der Waals surface area (Å²) in [6.45, 7) is 8.28. The largest absolute Gasteiger partial charge is 0.456 e. The third kappa shape index (κ3) is 5.00. The molecular formula is C33H32N4O2. The fourth-order valence-corrected chi connectivity index (χ4v) is 4.81. The highest BCUT2D eigenvalue weighted by atomic mass is 16.5. The molecule has 1 unspecified atom stereocenters. The lowest BCUT2D eigenvalue weighted by Crippen LogP contribution is -2.08. The Morgan fingerprint density at radius 2 is 1.72 bits per heavy atom. The Balaban J connectivity index is 1.59. The second kappa shape index (κ2) is 10.7. The molecule has 3 aromatic carbocycles. The lowest BCUT2D eigenvalue weighted by Gasteiger charge is -2.16. The summed E-state index contributed by atoms with van der Waals surface area (Å²) in [5.74, 6) is 4.73. The number of terminal acetylenes is 1. The van der Waals surface area contributed by atoms with Crippen molar-refractivity contribution < 1.29 is 9.53 Å². The van der Waals surface area contributed by atoms with E-state index in [9.17, 15) is 4.79 Å². The quantitative estimate of drug-likeness (QED) is 0.159. The molecule has 5 aromatic rings. The summed E-state index contributed by atoms with van der Waals surface area (Å²) in [6.07, 6.45) is 6.63. The first-order valence-electron chi connectivity index (χ1n) is 13.3. The van der Waals surface area contributed by atoms with E-state index in [1.807, 2.05) is 74.0 Å². The molecule has 6 nitrogen and oxygen atoms in total. The number of aromatic nitrogens is 4. The van der Waals surface area contributed by atoms with E-state index in [0.29, 0.717) is 35.4 Å². The SMILES string of the molecule is C#CC(Oc1nc(-c2nc3cc(C(=O)CCC)c(C)cc3n2C)nc2ccccc12)c1ccc(C(C)C)cc1. The molecule has 2 heterocycles. The van der Waals surface area contributed by atoms with Crippen LogP contribution < -0.4 is 4.74 Å². The monoisotopic (exact) mass is 516 g/mol. The van der Waals surface area contributed by atoms with E-state index >= 15 is 0 Å². The number of hydrogen-bond acceptors (Lipinski definition) is 5. The molecule has 5 rings (SSSR count). The minimum Gasteiger partial charge on any atom is -0.456 e. The van der Waals surface area contributed by atoms with Crippen molar-refractivity contribution in [3.05, 3.63) is 82.9 Å². The number of carbonyl (C=O) groups is 1. The highest BCUT2D eigenvalue weighted by Gasteiger charge is 2.20. The van der Waals surface area contributed by atoms with Crippen molar-refractivity contribution in [1.29, 1.82) is 0 Å². The predicted molar refractivity (Wildman–Crippen MR) is 156 cm³/mol. The van der Waals surface area contributed by atoms with E-state index in [1.54, 1.807) is 0 Å². The van der Waals surface area contributed by atoms with Crippen LogP contribution in [0.4, 0.5) is 0 Å². The summed E-state index contributed by atoms with van der Waals surface area (Å²) in [4.78, 5) is 27.2. The maximum absolute atomic E-state index is 12.7. The smallest absolute Gasteiger partial charge is 0.226 e. The van der Waals surface area contributed by atoms with Gasteiger partial charge < -0.3 is 9.30 Å². The second-order valence-corrected chi connectivity index (χ2v) is 10.2. The van der Waals surface area contributed by atoms with Crippen LogP contribution in [-0.2, 0) is 7.05 Å². The van der Waals surface area contributed by atoms with Crippen LogP contribution in [0.25, 0.3) is 33.6 Å². The van der Waals surface area contributed by atoms with Gasteiger partial charge >= 0.3 is 0 Å². The van der Waals surface area contributed by atoms with Crippen LogP contribution in [0.1, 0.15) is 72.7 Å². The molecule has 0 aliphatic carbocycles. The van der Waals surface area contributed by atoms with Gasteiger partial charge in [-0.1, -0.05) is 63.1 Å². The summed E-state index contributed by atoms with van der Waals surface area (Å²) >= 11 is 0. The van der Waals surface area contributed by atoms with Gasteiger partial charge in [0.25, 0.3) is 0 Å². The van der Waals surface area contributed by atoms with E-state index in [2.05, 4.69) is 31.9 Å². The lowest BCUT2D eigenvalue weighted by molar-refractivity contribution is 0.0981. The Kier molecular flexibility index (Phi) is 7.17. The highest BCUT2D eigenvalue weighted by Crippen LogP contribution is 2.32. The van der Waals surface area contributed by atoms with Crippen LogP contribution in [0.5, 0.6) is 5.88 Å². The van der Waals surface area contributed by atoms with E-state index in [-0.39, 0.29) is 5.78 Å². The van der Waals surface area contributed by atoms with Crippen LogP contribution in [0.15, 0.2) is 60.7 Å². The number of nitrogens with zero attached hydrogens (tertiary/aromatic N) is 4. The molecule has 0 spiro atoms. The van der Waals surface area contributed by atoms with Crippen LogP contribution in [-0.4, -0.2) is 25.3 Å². The number of hydrogen-bond donors (Lipinski definition) is 0. The van der Waals surface area contributed by atoms with Gasteiger partial charge in [-0.05, 0) is 54.7 Å². The topological polar surface area (TPSA) is 69.9 Å². The molecule has 0 fully saturated rings. The molecule has 0 aliphatic rings. The van der Waals surface area contributed by atoms with Gasteiger partial charge in [-0.3, -0.25) is 4.79 Å². The first-order chi connectivity index (χ1) is 18.8. The average molecular weight is 517 g/mol. The lowest BCUT2D eigenvalue weighted by atomic mass is 10.00. The third-order valence-electron chi connectivity index (χ3n) is 7.06. The molecule has 0 saturated heterocycles. The third-order valence-corrected chi connectivity index (χ3v) is 7.06. The Morgan fingerprint density at radius 3 is 2.41 bits per heavy atom. The van der Waals surface area contributed by atoms with Crippen molar-refractivity contribution in [2.45, 2.75) is 52.6 Å². The molecule has 196 valence electrons. The minimum atomic E-state index is -0.618. The molecule has 2 aromatic heterocycles. The molecular weight excluding hydrogens is 484 g/mol. The summed E-state index contributed by atoms with van der Waals surface area (Å²) in [5, 5.41) is 0.766. The molecule has 0 aliphatic heterocycles. The van der Waals surface area contributed by atoms with Crippen molar-refractivity contribution in [2.75, 3.05) is 0 Å². The molecule has 0 amide bonds. The number of ketones is 1. The van der Waals surface area contributed by atoms with Crippen molar-refractivity contribution in [3.63, 3.8) is 0 Å². The Hall–Kier alpha value is -4.50. The number of para-hydroxylation sites is 1. The zero-order valence-electron chi connectivity index (χ0n) is 23.0. The van der Waals surface area contributed by atoms with Crippen molar-refractivity contribution >= 4 is 27.7 Å². The zero-order chi connectivity index (χ0) is 27.7. The summed E-state index contributed by atoms with van der Waals surface area (Å²) < 4.78 is 8.32.